The molecule has 1 fully saturated rings. The summed E-state index contributed by atoms with van der Waals surface area (Å²) >= 11 is 0. The number of rotatable bonds is 7. The zero-order valence-corrected chi connectivity index (χ0v) is 14.6. The quantitative estimate of drug-likeness (QED) is 0.788. The fraction of sp³-hybridized carbons (Fsp3) is 0.381. The van der Waals surface area contributed by atoms with Gasteiger partial charge in [0, 0.05) is 18.7 Å². The van der Waals surface area contributed by atoms with Crippen LogP contribution in [0.1, 0.15) is 35.2 Å². The van der Waals surface area contributed by atoms with Crippen LogP contribution in [0.2, 0.25) is 0 Å². The van der Waals surface area contributed by atoms with Gasteiger partial charge >= 0.3 is 0 Å². The van der Waals surface area contributed by atoms with E-state index in [1.807, 2.05) is 6.07 Å². The van der Waals surface area contributed by atoms with E-state index in [1.54, 1.807) is 24.3 Å². The molecule has 132 valence electrons. The molecule has 0 amide bonds. The standard InChI is InChI=1S/C21H25NO3/c1-16(23)18-8-5-9-21(12-18)25-15-20(24)14-22-11-10-19(13-22)17-6-3-2-4-7-17/h2-9,12,19-20,24H,10-11,13-15H2,1H3/t19-,20+/m0/s1. The first kappa shape index (κ1) is 17.6. The minimum atomic E-state index is -0.546. The van der Waals surface area contributed by atoms with Crippen molar-refractivity contribution in [3.05, 3.63) is 65.7 Å². The van der Waals surface area contributed by atoms with Crippen molar-refractivity contribution in [1.29, 1.82) is 0 Å². The third kappa shape index (κ3) is 4.91. The summed E-state index contributed by atoms with van der Waals surface area (Å²) in [7, 11) is 0. The van der Waals surface area contributed by atoms with E-state index < -0.39 is 6.10 Å². The Balaban J connectivity index is 1.46. The third-order valence-corrected chi connectivity index (χ3v) is 4.70. The van der Waals surface area contributed by atoms with Crippen molar-refractivity contribution in [3.63, 3.8) is 0 Å². The molecule has 1 aliphatic rings. The Kier molecular flexibility index (Phi) is 5.84. The summed E-state index contributed by atoms with van der Waals surface area (Å²) in [6, 6.07) is 17.6. The zero-order valence-electron chi connectivity index (χ0n) is 14.6. The van der Waals surface area contributed by atoms with Gasteiger partial charge in [0.05, 0.1) is 0 Å². The first-order valence-electron chi connectivity index (χ1n) is 8.81. The van der Waals surface area contributed by atoms with Crippen LogP contribution in [0.5, 0.6) is 5.75 Å². The SMILES string of the molecule is CC(=O)c1cccc(OC[C@H](O)CN2CC[C@H](c3ccccc3)C2)c1. The van der Waals surface area contributed by atoms with Crippen LogP contribution in [0.4, 0.5) is 0 Å². The van der Waals surface area contributed by atoms with Crippen molar-refractivity contribution in [2.75, 3.05) is 26.2 Å². The van der Waals surface area contributed by atoms with Crippen molar-refractivity contribution in [1.82, 2.24) is 4.90 Å². The number of hydrogen-bond donors (Lipinski definition) is 1. The smallest absolute Gasteiger partial charge is 0.159 e. The monoisotopic (exact) mass is 339 g/mol. The second kappa shape index (κ2) is 8.28. The van der Waals surface area contributed by atoms with Crippen molar-refractivity contribution >= 4 is 5.78 Å². The number of nitrogens with zero attached hydrogens (tertiary/aromatic N) is 1. The lowest BCUT2D eigenvalue weighted by Crippen LogP contribution is -2.34. The van der Waals surface area contributed by atoms with Crippen molar-refractivity contribution in [2.24, 2.45) is 0 Å². The van der Waals surface area contributed by atoms with E-state index in [0.717, 1.165) is 19.5 Å². The van der Waals surface area contributed by atoms with E-state index in [1.165, 1.54) is 12.5 Å². The predicted octanol–water partition coefficient (Wildman–Crippen LogP) is 3.12. The molecule has 2 aromatic carbocycles. The number of aliphatic hydroxyl groups excluding tert-OH is 1. The lowest BCUT2D eigenvalue weighted by Gasteiger charge is -2.20. The fourth-order valence-corrected chi connectivity index (χ4v) is 3.34. The van der Waals surface area contributed by atoms with Crippen molar-refractivity contribution in [3.8, 4) is 5.75 Å². The molecule has 4 nitrogen and oxygen atoms in total. The Morgan fingerprint density at radius 1 is 1.24 bits per heavy atom. The highest BCUT2D eigenvalue weighted by Gasteiger charge is 2.25. The molecule has 4 heteroatoms. The van der Waals surface area contributed by atoms with Crippen molar-refractivity contribution in [2.45, 2.75) is 25.4 Å². The summed E-state index contributed by atoms with van der Waals surface area (Å²) in [4.78, 5) is 13.7. The highest BCUT2D eigenvalue weighted by Crippen LogP contribution is 2.26. The van der Waals surface area contributed by atoms with Crippen LogP contribution >= 0.6 is 0 Å². The van der Waals surface area contributed by atoms with Crippen LogP contribution in [-0.2, 0) is 0 Å². The number of hydrogen-bond acceptors (Lipinski definition) is 4. The summed E-state index contributed by atoms with van der Waals surface area (Å²) in [6.07, 6.45) is 0.577. The minimum absolute atomic E-state index is 0.00928. The molecular weight excluding hydrogens is 314 g/mol. The van der Waals surface area contributed by atoms with Gasteiger partial charge in [0.15, 0.2) is 5.78 Å². The number of carbonyl (C=O) groups is 1. The molecule has 0 aliphatic carbocycles. The molecule has 25 heavy (non-hydrogen) atoms. The van der Waals surface area contributed by atoms with Gasteiger partial charge in [0.25, 0.3) is 0 Å². The Labute approximate surface area is 149 Å². The van der Waals surface area contributed by atoms with Gasteiger partial charge < -0.3 is 14.7 Å². The van der Waals surface area contributed by atoms with E-state index in [9.17, 15) is 9.90 Å². The second-order valence-electron chi connectivity index (χ2n) is 6.70. The molecule has 0 saturated carbocycles. The van der Waals surface area contributed by atoms with Gasteiger partial charge in [-0.05, 0) is 43.5 Å². The van der Waals surface area contributed by atoms with Crippen molar-refractivity contribution < 1.29 is 14.6 Å². The summed E-state index contributed by atoms with van der Waals surface area (Å²) in [5, 5.41) is 10.3. The summed E-state index contributed by atoms with van der Waals surface area (Å²) in [6.45, 7) is 4.34. The van der Waals surface area contributed by atoms with E-state index >= 15 is 0 Å². The molecule has 1 heterocycles. The van der Waals surface area contributed by atoms with Gasteiger partial charge in [0.2, 0.25) is 0 Å². The number of carbonyl (C=O) groups excluding carboxylic acids is 1. The fourth-order valence-electron chi connectivity index (χ4n) is 3.34. The van der Waals surface area contributed by atoms with Gasteiger partial charge in [-0.3, -0.25) is 4.79 Å². The molecule has 2 aromatic rings. The highest BCUT2D eigenvalue weighted by molar-refractivity contribution is 5.94. The largest absolute Gasteiger partial charge is 0.491 e. The summed E-state index contributed by atoms with van der Waals surface area (Å²) in [5.41, 5.74) is 1.99. The molecular formula is C21H25NO3. The van der Waals surface area contributed by atoms with Crippen LogP contribution in [-0.4, -0.2) is 48.1 Å². The number of aliphatic hydroxyl groups is 1. The van der Waals surface area contributed by atoms with E-state index in [4.69, 9.17) is 4.74 Å². The van der Waals surface area contributed by atoms with E-state index in [2.05, 4.69) is 29.2 Å². The number of benzene rings is 2. The zero-order chi connectivity index (χ0) is 17.6. The van der Waals surface area contributed by atoms with Crippen LogP contribution < -0.4 is 4.74 Å². The van der Waals surface area contributed by atoms with Gasteiger partial charge in [-0.1, -0.05) is 42.5 Å². The topological polar surface area (TPSA) is 49.8 Å². The van der Waals surface area contributed by atoms with Gasteiger partial charge in [-0.25, -0.2) is 0 Å². The first-order chi connectivity index (χ1) is 12.1. The number of Topliss-reactive ketones (excluding diaryl/α,β-unsaturated/α-hetero) is 1. The predicted molar refractivity (Wildman–Crippen MR) is 98.2 cm³/mol. The Hall–Kier alpha value is -2.17. The maximum atomic E-state index is 11.4. The van der Waals surface area contributed by atoms with Crippen LogP contribution in [0.25, 0.3) is 0 Å². The normalized spacial score (nSPS) is 18.9. The molecule has 0 bridgehead atoms. The van der Waals surface area contributed by atoms with Crippen LogP contribution in [0, 0.1) is 0 Å². The Bertz CT molecular complexity index is 701. The number of β-amino-alcohol motifs (C(OH)–C–C–N with tert-alkyl or cyclic N) is 1. The molecule has 0 aromatic heterocycles. The highest BCUT2D eigenvalue weighted by atomic mass is 16.5. The molecule has 0 radical (unpaired) electrons. The number of ether oxygens (including phenoxy) is 1. The first-order valence-corrected chi connectivity index (χ1v) is 8.81. The average molecular weight is 339 g/mol. The van der Waals surface area contributed by atoms with E-state index in [0.29, 0.717) is 23.8 Å². The molecule has 0 spiro atoms. The molecule has 1 N–H and O–H groups in total. The van der Waals surface area contributed by atoms with Gasteiger partial charge in [-0.2, -0.15) is 0 Å². The molecule has 3 rings (SSSR count). The van der Waals surface area contributed by atoms with Gasteiger partial charge in [-0.15, -0.1) is 0 Å². The van der Waals surface area contributed by atoms with E-state index in [-0.39, 0.29) is 12.4 Å². The van der Waals surface area contributed by atoms with Crippen LogP contribution in [0.15, 0.2) is 54.6 Å². The Morgan fingerprint density at radius 3 is 2.80 bits per heavy atom. The van der Waals surface area contributed by atoms with Gasteiger partial charge in [0.1, 0.15) is 18.5 Å². The minimum Gasteiger partial charge on any atom is -0.491 e. The lowest BCUT2D eigenvalue weighted by molar-refractivity contribution is 0.0754. The average Bonchev–Trinajstić information content (AvgIpc) is 3.09. The molecule has 2 atom stereocenters. The summed E-state index contributed by atoms with van der Waals surface area (Å²) in [5.74, 6) is 1.17. The molecule has 1 aliphatic heterocycles. The number of likely N-dealkylation sites (tertiary alicyclic amines) is 1. The third-order valence-electron chi connectivity index (χ3n) is 4.70. The molecule has 0 unspecified atom stereocenters. The summed E-state index contributed by atoms with van der Waals surface area (Å²) < 4.78 is 5.65. The van der Waals surface area contributed by atoms with Crippen LogP contribution in [0.3, 0.4) is 0 Å². The second-order valence-corrected chi connectivity index (χ2v) is 6.70. The number of ketones is 1. The lowest BCUT2D eigenvalue weighted by atomic mass is 9.99. The Morgan fingerprint density at radius 2 is 2.04 bits per heavy atom. The molecule has 1 saturated heterocycles. The maximum Gasteiger partial charge on any atom is 0.159 e. The maximum absolute atomic E-state index is 11.4.